The third-order valence-electron chi connectivity index (χ3n) is 2.64. The number of amides is 1. The van der Waals surface area contributed by atoms with Crippen LogP contribution in [0.2, 0.25) is 0 Å². The van der Waals surface area contributed by atoms with Crippen molar-refractivity contribution in [3.8, 4) is 0 Å². The van der Waals surface area contributed by atoms with Crippen molar-refractivity contribution in [2.24, 2.45) is 0 Å². The Labute approximate surface area is 107 Å². The number of anilines is 1. The maximum Gasteiger partial charge on any atom is 0.228 e. The number of benzene rings is 1. The minimum Gasteiger partial charge on any atom is -0.311 e. The molecule has 18 heavy (non-hydrogen) atoms. The SMILES string of the molecule is CC(=O)SC1CC(=O)N(c2ccc(F)c(F)c2)C1. The van der Waals surface area contributed by atoms with Crippen molar-refractivity contribution in [1.29, 1.82) is 0 Å². The van der Waals surface area contributed by atoms with E-state index in [9.17, 15) is 18.4 Å². The zero-order valence-corrected chi connectivity index (χ0v) is 10.5. The highest BCUT2D eigenvalue weighted by Crippen LogP contribution is 2.29. The third-order valence-corrected chi connectivity index (χ3v) is 3.62. The number of hydrogen-bond acceptors (Lipinski definition) is 3. The van der Waals surface area contributed by atoms with Crippen LogP contribution >= 0.6 is 11.8 Å². The van der Waals surface area contributed by atoms with Crippen LogP contribution in [0.3, 0.4) is 0 Å². The van der Waals surface area contributed by atoms with Gasteiger partial charge in [-0.25, -0.2) is 8.78 Å². The fourth-order valence-corrected chi connectivity index (χ4v) is 2.81. The van der Waals surface area contributed by atoms with Crippen molar-refractivity contribution < 1.29 is 18.4 Å². The summed E-state index contributed by atoms with van der Waals surface area (Å²) in [4.78, 5) is 24.1. The molecule has 1 aliphatic rings. The van der Waals surface area contributed by atoms with E-state index in [2.05, 4.69) is 0 Å². The van der Waals surface area contributed by atoms with Crippen LogP contribution in [-0.4, -0.2) is 22.8 Å². The molecule has 0 saturated carbocycles. The van der Waals surface area contributed by atoms with Crippen molar-refractivity contribution in [3.63, 3.8) is 0 Å². The highest BCUT2D eigenvalue weighted by molar-refractivity contribution is 8.14. The zero-order valence-electron chi connectivity index (χ0n) is 9.65. The van der Waals surface area contributed by atoms with E-state index < -0.39 is 11.6 Å². The second-order valence-electron chi connectivity index (χ2n) is 4.04. The number of rotatable bonds is 2. The summed E-state index contributed by atoms with van der Waals surface area (Å²) in [6.07, 6.45) is 0.239. The molecule has 2 rings (SSSR count). The number of carbonyl (C=O) groups excluding carboxylic acids is 2. The molecule has 1 fully saturated rings. The lowest BCUT2D eigenvalue weighted by molar-refractivity contribution is -0.117. The van der Waals surface area contributed by atoms with Gasteiger partial charge in [0.25, 0.3) is 0 Å². The summed E-state index contributed by atoms with van der Waals surface area (Å²) in [7, 11) is 0. The Hall–Kier alpha value is -1.43. The normalized spacial score (nSPS) is 19.4. The fraction of sp³-hybridized carbons (Fsp3) is 0.333. The van der Waals surface area contributed by atoms with Crippen molar-refractivity contribution in [3.05, 3.63) is 29.8 Å². The van der Waals surface area contributed by atoms with Gasteiger partial charge in [0.2, 0.25) is 5.91 Å². The first kappa shape index (κ1) is 13.0. The predicted molar refractivity (Wildman–Crippen MR) is 65.4 cm³/mol. The monoisotopic (exact) mass is 271 g/mol. The highest BCUT2D eigenvalue weighted by Gasteiger charge is 2.32. The standard InChI is InChI=1S/C12H11F2NO2S/c1-7(16)18-9-5-12(17)15(6-9)8-2-3-10(13)11(14)4-8/h2-4,9H,5-6H2,1H3. The summed E-state index contributed by atoms with van der Waals surface area (Å²) in [5, 5.41) is -0.178. The van der Waals surface area contributed by atoms with Gasteiger partial charge < -0.3 is 4.90 Å². The van der Waals surface area contributed by atoms with Gasteiger partial charge in [-0.2, -0.15) is 0 Å². The van der Waals surface area contributed by atoms with Crippen LogP contribution < -0.4 is 4.90 Å². The van der Waals surface area contributed by atoms with E-state index in [1.54, 1.807) is 0 Å². The maximum absolute atomic E-state index is 13.1. The van der Waals surface area contributed by atoms with Gasteiger partial charge in [-0.1, -0.05) is 11.8 Å². The van der Waals surface area contributed by atoms with Gasteiger partial charge in [-0.15, -0.1) is 0 Å². The lowest BCUT2D eigenvalue weighted by Crippen LogP contribution is -2.25. The number of carbonyl (C=O) groups is 2. The Morgan fingerprint density at radius 3 is 2.72 bits per heavy atom. The van der Waals surface area contributed by atoms with E-state index in [1.165, 1.54) is 17.9 Å². The molecule has 1 amide bonds. The van der Waals surface area contributed by atoms with E-state index in [-0.39, 0.29) is 22.7 Å². The van der Waals surface area contributed by atoms with Crippen LogP contribution in [0.1, 0.15) is 13.3 Å². The van der Waals surface area contributed by atoms with Gasteiger partial charge in [-0.05, 0) is 12.1 Å². The van der Waals surface area contributed by atoms with Crippen LogP contribution in [0, 0.1) is 11.6 Å². The summed E-state index contributed by atoms with van der Waals surface area (Å²) in [6, 6.07) is 3.34. The first-order chi connectivity index (χ1) is 8.47. The van der Waals surface area contributed by atoms with E-state index >= 15 is 0 Å². The van der Waals surface area contributed by atoms with Gasteiger partial charge in [0, 0.05) is 36.9 Å². The van der Waals surface area contributed by atoms with Gasteiger partial charge in [0.05, 0.1) is 0 Å². The van der Waals surface area contributed by atoms with Gasteiger partial charge in [0.15, 0.2) is 16.7 Å². The topological polar surface area (TPSA) is 37.4 Å². The molecule has 1 atom stereocenters. The van der Waals surface area contributed by atoms with Crippen LogP contribution in [0.5, 0.6) is 0 Å². The highest BCUT2D eigenvalue weighted by atomic mass is 32.2. The number of halogens is 2. The lowest BCUT2D eigenvalue weighted by atomic mass is 10.3. The molecule has 1 heterocycles. The summed E-state index contributed by atoms with van der Waals surface area (Å²) in [6.45, 7) is 1.78. The average molecular weight is 271 g/mol. The molecule has 1 saturated heterocycles. The van der Waals surface area contributed by atoms with E-state index in [1.807, 2.05) is 0 Å². The molecular weight excluding hydrogens is 260 g/mol. The largest absolute Gasteiger partial charge is 0.311 e. The van der Waals surface area contributed by atoms with Gasteiger partial charge in [-0.3, -0.25) is 9.59 Å². The number of nitrogens with zero attached hydrogens (tertiary/aromatic N) is 1. The molecule has 1 aromatic rings. The Morgan fingerprint density at radius 1 is 1.39 bits per heavy atom. The number of thioether (sulfide) groups is 1. The fourth-order valence-electron chi connectivity index (χ4n) is 1.89. The molecule has 0 spiro atoms. The maximum atomic E-state index is 13.1. The minimum absolute atomic E-state index is 0.0556. The zero-order chi connectivity index (χ0) is 13.3. The predicted octanol–water partition coefficient (Wildman–Crippen LogP) is 2.35. The molecule has 0 aliphatic carbocycles. The van der Waals surface area contributed by atoms with Crippen molar-refractivity contribution in [1.82, 2.24) is 0 Å². The van der Waals surface area contributed by atoms with Crippen LogP contribution in [0.25, 0.3) is 0 Å². The molecule has 1 unspecified atom stereocenters. The molecule has 3 nitrogen and oxygen atoms in total. The summed E-state index contributed by atoms with van der Waals surface area (Å²) in [5.41, 5.74) is 0.325. The molecule has 1 aliphatic heterocycles. The van der Waals surface area contributed by atoms with Crippen LogP contribution in [0.15, 0.2) is 18.2 Å². The molecule has 96 valence electrons. The van der Waals surface area contributed by atoms with Crippen molar-refractivity contribution in [2.75, 3.05) is 11.4 Å². The smallest absolute Gasteiger partial charge is 0.228 e. The minimum atomic E-state index is -0.983. The molecule has 0 N–H and O–H groups in total. The van der Waals surface area contributed by atoms with E-state index in [0.717, 1.165) is 23.9 Å². The molecule has 1 aromatic carbocycles. The van der Waals surface area contributed by atoms with E-state index in [0.29, 0.717) is 12.2 Å². The van der Waals surface area contributed by atoms with E-state index in [4.69, 9.17) is 0 Å². The summed E-state index contributed by atoms with van der Waals surface area (Å²) < 4.78 is 25.9. The molecule has 0 radical (unpaired) electrons. The van der Waals surface area contributed by atoms with Gasteiger partial charge in [0.1, 0.15) is 0 Å². The first-order valence-corrected chi connectivity index (χ1v) is 6.28. The second kappa shape index (κ2) is 5.06. The van der Waals surface area contributed by atoms with Crippen molar-refractivity contribution in [2.45, 2.75) is 18.6 Å². The average Bonchev–Trinajstić information content (AvgIpc) is 2.62. The Morgan fingerprint density at radius 2 is 2.11 bits per heavy atom. The summed E-state index contributed by atoms with van der Waals surface area (Å²) >= 11 is 1.10. The summed E-state index contributed by atoms with van der Waals surface area (Å²) in [5.74, 6) is -2.11. The van der Waals surface area contributed by atoms with Crippen molar-refractivity contribution >= 4 is 28.5 Å². The molecule has 0 aromatic heterocycles. The number of hydrogen-bond donors (Lipinski definition) is 0. The molecule has 6 heteroatoms. The Bertz CT molecular complexity index is 507. The second-order valence-corrected chi connectivity index (χ2v) is 5.52. The lowest BCUT2D eigenvalue weighted by Gasteiger charge is -2.16. The molecular formula is C12H11F2NO2S. The molecule has 0 bridgehead atoms. The quantitative estimate of drug-likeness (QED) is 0.828. The Balaban J connectivity index is 2.16. The van der Waals surface area contributed by atoms with Crippen LogP contribution in [-0.2, 0) is 9.59 Å². The first-order valence-electron chi connectivity index (χ1n) is 5.40. The van der Waals surface area contributed by atoms with Gasteiger partial charge >= 0.3 is 0 Å². The van der Waals surface area contributed by atoms with Crippen LogP contribution in [0.4, 0.5) is 14.5 Å². The third kappa shape index (κ3) is 2.69. The Kier molecular flexibility index (Phi) is 3.65.